The number of fused-ring (bicyclic) bond motifs is 2. The second-order valence-corrected chi connectivity index (χ2v) is 4.64. The smallest absolute Gasteiger partial charge is 0.355 e. The maximum atomic E-state index is 5.68. The number of aliphatic imine (C=N–C) groups is 1. The summed E-state index contributed by atoms with van der Waals surface area (Å²) in [5, 5.41) is 0.654. The summed E-state index contributed by atoms with van der Waals surface area (Å²) >= 11 is 1.57. The van der Waals surface area contributed by atoms with Crippen LogP contribution in [0.1, 0.15) is 11.1 Å². The third-order valence-corrected chi connectivity index (χ3v) is 3.52. The maximum absolute atomic E-state index is 5.68. The number of nitrogens with two attached hydrogens (primary N) is 1. The fraction of sp³-hybridized carbons (Fsp3) is 0.182. The van der Waals surface area contributed by atoms with Crippen molar-refractivity contribution in [1.82, 2.24) is 4.99 Å². The van der Waals surface area contributed by atoms with E-state index in [-0.39, 0.29) is 0 Å². The lowest BCUT2D eigenvalue weighted by Crippen LogP contribution is -2.10. The summed E-state index contributed by atoms with van der Waals surface area (Å²) in [5.74, 6) is 0.900. The second-order valence-electron chi connectivity index (χ2n) is 3.52. The molecule has 0 unspecified atom stereocenters. The first-order chi connectivity index (χ1) is 7.28. The van der Waals surface area contributed by atoms with Gasteiger partial charge in [-0.3, -0.25) is 5.73 Å². The third-order valence-electron chi connectivity index (χ3n) is 2.63. The predicted octanol–water partition coefficient (Wildman–Crippen LogP) is 1.32. The molecule has 0 fully saturated rings. The monoisotopic (exact) mass is 218 g/mol. The minimum absolute atomic E-state index is 0.654. The van der Waals surface area contributed by atoms with Crippen LogP contribution in [0.5, 0.6) is 5.75 Å². The molecule has 1 radical (unpaired) electrons. The van der Waals surface area contributed by atoms with E-state index in [9.17, 15) is 0 Å². The number of benzene rings is 1. The van der Waals surface area contributed by atoms with Crippen molar-refractivity contribution in [3.8, 4) is 5.75 Å². The highest BCUT2D eigenvalue weighted by atomic mass is 32.2. The van der Waals surface area contributed by atoms with Crippen molar-refractivity contribution in [2.24, 2.45) is 5.73 Å². The first kappa shape index (κ1) is 8.85. The highest BCUT2D eigenvalue weighted by molar-refractivity contribution is 8.17. The van der Waals surface area contributed by atoms with Crippen molar-refractivity contribution in [2.75, 3.05) is 7.11 Å². The fourth-order valence-corrected chi connectivity index (χ4v) is 2.82. The van der Waals surface area contributed by atoms with Crippen LogP contribution in [0.3, 0.4) is 0 Å². The van der Waals surface area contributed by atoms with Crippen LogP contribution in [0.2, 0.25) is 0 Å². The minimum atomic E-state index is 0.654. The van der Waals surface area contributed by atoms with Crippen molar-refractivity contribution in [1.29, 1.82) is 0 Å². The number of hydrogen-bond donors (Lipinski definition) is 1. The zero-order valence-corrected chi connectivity index (χ0v) is 9.10. The topological polar surface area (TPSA) is 49.4 Å². The summed E-state index contributed by atoms with van der Waals surface area (Å²) in [6.45, 7) is 0. The van der Waals surface area contributed by atoms with E-state index in [2.05, 4.69) is 17.1 Å². The Morgan fingerprint density at radius 1 is 1.47 bits per heavy atom. The van der Waals surface area contributed by atoms with Crippen LogP contribution in [0.25, 0.3) is 5.70 Å². The molecule has 15 heavy (non-hydrogen) atoms. The average molecular weight is 218 g/mol. The van der Waals surface area contributed by atoms with Gasteiger partial charge in [-0.2, -0.15) is 0 Å². The molecule has 1 heterocycles. The van der Waals surface area contributed by atoms with Crippen LogP contribution in [0.4, 0.5) is 0 Å². The molecule has 3 nitrogen and oxygen atoms in total. The summed E-state index contributed by atoms with van der Waals surface area (Å²) in [6, 6.07) is 6.09. The van der Waals surface area contributed by atoms with Gasteiger partial charge in [0.05, 0.1) is 12.0 Å². The molecular formula is C11H10N2OS+. The highest BCUT2D eigenvalue weighted by Crippen LogP contribution is 2.41. The molecule has 1 aliphatic carbocycles. The number of allylic oxidation sites excluding steroid dienone is 1. The minimum Gasteiger partial charge on any atom is -0.497 e. The summed E-state index contributed by atoms with van der Waals surface area (Å²) < 4.78 is 5.20. The lowest BCUT2D eigenvalue weighted by molar-refractivity contribution is 0.414. The second kappa shape index (κ2) is 3.03. The Kier molecular flexibility index (Phi) is 1.79. The van der Waals surface area contributed by atoms with E-state index < -0.39 is 0 Å². The van der Waals surface area contributed by atoms with Crippen LogP contribution in [0, 0.1) is 0 Å². The van der Waals surface area contributed by atoms with Crippen molar-refractivity contribution >= 4 is 22.6 Å². The van der Waals surface area contributed by atoms with E-state index in [1.807, 2.05) is 6.07 Å². The van der Waals surface area contributed by atoms with Gasteiger partial charge in [-0.15, -0.1) is 0 Å². The number of methoxy groups -OCH3 is 1. The van der Waals surface area contributed by atoms with Crippen LogP contribution in [-0.2, 0) is 6.42 Å². The molecule has 0 saturated carbocycles. The SMILES string of the molecule is COc1ccc2c(c1)CC1=C2[N+]=C(N)S1. The standard InChI is InChI=1S/C11H10N2OS/c1-14-7-2-3-8-6(4-7)5-9-10(8)13-11(12)15-9/h2-4H,5,12H2,1H3/q+1. The van der Waals surface area contributed by atoms with Gasteiger partial charge in [-0.25, -0.2) is 0 Å². The first-order valence-electron chi connectivity index (χ1n) is 4.70. The van der Waals surface area contributed by atoms with E-state index in [0.717, 1.165) is 17.9 Å². The average Bonchev–Trinajstić information content (AvgIpc) is 2.72. The Morgan fingerprint density at radius 2 is 2.33 bits per heavy atom. The predicted molar refractivity (Wildman–Crippen MR) is 62.5 cm³/mol. The Hall–Kier alpha value is -1.42. The summed E-state index contributed by atoms with van der Waals surface area (Å²) in [5.41, 5.74) is 9.21. The van der Waals surface area contributed by atoms with Crippen LogP contribution >= 0.6 is 11.8 Å². The highest BCUT2D eigenvalue weighted by Gasteiger charge is 2.33. The van der Waals surface area contributed by atoms with E-state index >= 15 is 0 Å². The lowest BCUT2D eigenvalue weighted by atomic mass is 10.1. The Labute approximate surface area is 92.0 Å². The van der Waals surface area contributed by atoms with Crippen molar-refractivity contribution in [2.45, 2.75) is 6.42 Å². The maximum Gasteiger partial charge on any atom is 0.355 e. The molecule has 1 aromatic rings. The molecule has 0 saturated heterocycles. The van der Waals surface area contributed by atoms with Gasteiger partial charge in [0, 0.05) is 23.7 Å². The molecule has 1 aromatic carbocycles. The van der Waals surface area contributed by atoms with Crippen LogP contribution in [0.15, 0.2) is 23.1 Å². The molecule has 0 amide bonds. The van der Waals surface area contributed by atoms with E-state index in [1.54, 1.807) is 18.9 Å². The lowest BCUT2D eigenvalue weighted by Gasteiger charge is -2.03. The normalized spacial score (nSPS) is 17.5. The van der Waals surface area contributed by atoms with Crippen LogP contribution in [-0.4, -0.2) is 12.3 Å². The van der Waals surface area contributed by atoms with Gasteiger partial charge in [-0.05, 0) is 28.8 Å². The van der Waals surface area contributed by atoms with Gasteiger partial charge >= 0.3 is 5.17 Å². The van der Waals surface area contributed by atoms with Gasteiger partial charge < -0.3 is 4.74 Å². The number of hydrogen-bond acceptors (Lipinski definition) is 4. The molecule has 0 aromatic heterocycles. The molecule has 2 aliphatic rings. The Bertz CT molecular complexity index is 505. The number of rotatable bonds is 1. The van der Waals surface area contributed by atoms with Crippen LogP contribution < -0.4 is 15.5 Å². The van der Waals surface area contributed by atoms with Gasteiger partial charge in [0.15, 0.2) is 5.70 Å². The summed E-state index contributed by atoms with van der Waals surface area (Å²) in [7, 11) is 1.68. The Morgan fingerprint density at radius 3 is 3.13 bits per heavy atom. The fourth-order valence-electron chi connectivity index (χ4n) is 1.95. The summed E-state index contributed by atoms with van der Waals surface area (Å²) in [4.78, 5) is 5.60. The van der Waals surface area contributed by atoms with E-state index in [0.29, 0.717) is 5.17 Å². The van der Waals surface area contributed by atoms with Gasteiger partial charge in [0.2, 0.25) is 0 Å². The quantitative estimate of drug-likeness (QED) is 0.773. The number of amidine groups is 1. The molecule has 3 rings (SSSR count). The zero-order chi connectivity index (χ0) is 10.4. The number of nitrogens with zero attached hydrogens (tertiary/aromatic N) is 1. The molecule has 2 N–H and O–H groups in total. The van der Waals surface area contributed by atoms with Crippen molar-refractivity contribution in [3.63, 3.8) is 0 Å². The van der Waals surface area contributed by atoms with Crippen molar-refractivity contribution < 1.29 is 4.74 Å². The summed E-state index contributed by atoms with van der Waals surface area (Å²) in [6.07, 6.45) is 0.927. The van der Waals surface area contributed by atoms with E-state index in [1.165, 1.54) is 16.0 Å². The Balaban J connectivity index is 2.08. The molecular weight excluding hydrogens is 208 g/mol. The van der Waals surface area contributed by atoms with E-state index in [4.69, 9.17) is 10.5 Å². The van der Waals surface area contributed by atoms with Crippen molar-refractivity contribution in [3.05, 3.63) is 34.2 Å². The zero-order valence-electron chi connectivity index (χ0n) is 8.28. The molecule has 1 aliphatic heterocycles. The largest absolute Gasteiger partial charge is 0.497 e. The molecule has 0 atom stereocenters. The van der Waals surface area contributed by atoms with Gasteiger partial charge in [0.25, 0.3) is 0 Å². The molecule has 4 heteroatoms. The first-order valence-corrected chi connectivity index (χ1v) is 5.52. The molecule has 75 valence electrons. The van der Waals surface area contributed by atoms with Gasteiger partial charge in [0.1, 0.15) is 5.75 Å². The number of thioether (sulfide) groups is 1. The number of ether oxygens (including phenoxy) is 1. The third kappa shape index (κ3) is 1.25. The van der Waals surface area contributed by atoms with Gasteiger partial charge in [-0.1, -0.05) is 0 Å². The molecule has 0 spiro atoms. The molecule has 0 bridgehead atoms.